The Kier molecular flexibility index (Phi) is 5.62. The van der Waals surface area contributed by atoms with Crippen LogP contribution in [-0.4, -0.2) is 50.3 Å². The number of benzene rings is 1. The summed E-state index contributed by atoms with van der Waals surface area (Å²) in [6.07, 6.45) is 3.18. The second kappa shape index (κ2) is 7.47. The Labute approximate surface area is 136 Å². The lowest BCUT2D eigenvalue weighted by molar-refractivity contribution is 0.340. The van der Waals surface area contributed by atoms with Crippen LogP contribution in [0.5, 0.6) is 5.75 Å². The van der Waals surface area contributed by atoms with Crippen molar-refractivity contribution in [2.45, 2.75) is 18.4 Å². The van der Waals surface area contributed by atoms with Gasteiger partial charge in [-0.25, -0.2) is 8.42 Å². The predicted molar refractivity (Wildman–Crippen MR) is 89.2 cm³/mol. The number of rotatable bonds is 8. The summed E-state index contributed by atoms with van der Waals surface area (Å²) in [7, 11) is 0.310. The second-order valence-corrected chi connectivity index (χ2v) is 6.99. The number of ether oxygens (including phenoxy) is 1. The summed E-state index contributed by atoms with van der Waals surface area (Å²) in [6, 6.07) is 6.31. The lowest BCUT2D eigenvalue weighted by Gasteiger charge is -2.09. The van der Waals surface area contributed by atoms with Crippen LogP contribution in [0.3, 0.4) is 0 Å². The predicted octanol–water partition coefficient (Wildman–Crippen LogP) is 1.64. The van der Waals surface area contributed by atoms with E-state index in [1.807, 2.05) is 25.9 Å². The molecular weight excluding hydrogens is 316 g/mol. The molecule has 0 saturated heterocycles. The molecule has 0 bridgehead atoms. The second-order valence-electron chi connectivity index (χ2n) is 5.31. The number of likely N-dealkylation sites (N-methyl/N-ethyl adjacent to an activating group) is 1. The quantitative estimate of drug-likeness (QED) is 0.792. The minimum absolute atomic E-state index is 0.182. The summed E-state index contributed by atoms with van der Waals surface area (Å²) < 4.78 is 34.2. The molecule has 0 spiro atoms. The fourth-order valence-electron chi connectivity index (χ4n) is 1.94. The van der Waals surface area contributed by atoms with Gasteiger partial charge in [0.05, 0.1) is 29.9 Å². The number of anilines is 1. The van der Waals surface area contributed by atoms with Gasteiger partial charge in [0, 0.05) is 12.7 Å². The Bertz CT molecular complexity index is 723. The molecular formula is C15H22N4O3S. The van der Waals surface area contributed by atoms with Gasteiger partial charge in [0.2, 0.25) is 0 Å². The molecule has 0 fully saturated rings. The first-order valence-corrected chi connectivity index (χ1v) is 8.82. The largest absolute Gasteiger partial charge is 0.494 e. The van der Waals surface area contributed by atoms with E-state index in [4.69, 9.17) is 4.74 Å². The number of nitrogens with one attached hydrogen (secondary N) is 1. The average molecular weight is 338 g/mol. The topological polar surface area (TPSA) is 76.5 Å². The first-order valence-electron chi connectivity index (χ1n) is 7.33. The molecule has 2 rings (SSSR count). The van der Waals surface area contributed by atoms with Gasteiger partial charge in [-0.2, -0.15) is 5.10 Å². The smallest absolute Gasteiger partial charge is 0.261 e. The minimum atomic E-state index is -3.63. The van der Waals surface area contributed by atoms with E-state index in [2.05, 4.69) is 9.82 Å². The normalized spacial score (nSPS) is 11.7. The van der Waals surface area contributed by atoms with Crippen molar-refractivity contribution < 1.29 is 13.2 Å². The molecule has 0 radical (unpaired) electrons. The molecule has 1 aromatic carbocycles. The van der Waals surface area contributed by atoms with Crippen molar-refractivity contribution in [3.8, 4) is 5.75 Å². The molecule has 0 atom stereocenters. The molecule has 7 nitrogen and oxygen atoms in total. The van der Waals surface area contributed by atoms with E-state index in [9.17, 15) is 8.42 Å². The highest BCUT2D eigenvalue weighted by atomic mass is 32.2. The lowest BCUT2D eigenvalue weighted by Crippen LogP contribution is -2.18. The highest BCUT2D eigenvalue weighted by molar-refractivity contribution is 7.92. The summed E-state index contributed by atoms with van der Waals surface area (Å²) in [5.74, 6) is 0.642. The third-order valence-corrected chi connectivity index (χ3v) is 4.50. The van der Waals surface area contributed by atoms with Crippen molar-refractivity contribution in [1.82, 2.24) is 14.7 Å². The number of aromatic nitrogens is 2. The van der Waals surface area contributed by atoms with Gasteiger partial charge in [0.1, 0.15) is 5.75 Å². The van der Waals surface area contributed by atoms with Gasteiger partial charge in [-0.05, 0) is 45.3 Å². The molecule has 126 valence electrons. The highest BCUT2D eigenvalue weighted by Gasteiger charge is 2.15. The fraction of sp³-hybridized carbons (Fsp3) is 0.400. The van der Waals surface area contributed by atoms with Gasteiger partial charge in [0.15, 0.2) is 0 Å². The zero-order valence-corrected chi connectivity index (χ0v) is 14.4. The van der Waals surface area contributed by atoms with Crippen molar-refractivity contribution in [3.05, 3.63) is 36.7 Å². The summed E-state index contributed by atoms with van der Waals surface area (Å²) in [5.41, 5.74) is 0.442. The molecule has 0 amide bonds. The van der Waals surface area contributed by atoms with Crippen molar-refractivity contribution in [2.75, 3.05) is 32.0 Å². The van der Waals surface area contributed by atoms with Crippen molar-refractivity contribution in [3.63, 3.8) is 0 Å². The molecule has 1 heterocycles. The standard InChI is InChI=1S/C15H22N4O3S/c1-4-22-14-5-7-15(8-6-14)23(20,21)17-13-11-16-19(12-13)10-9-18(2)3/h5-8,11-12,17H,4,9-10H2,1-3H3. The molecule has 0 aliphatic heterocycles. The number of hydrogen-bond donors (Lipinski definition) is 1. The monoisotopic (exact) mass is 338 g/mol. The molecule has 1 aromatic heterocycles. The van der Waals surface area contributed by atoms with Crippen LogP contribution >= 0.6 is 0 Å². The number of hydrogen-bond acceptors (Lipinski definition) is 5. The van der Waals surface area contributed by atoms with E-state index < -0.39 is 10.0 Å². The molecule has 0 unspecified atom stereocenters. The highest BCUT2D eigenvalue weighted by Crippen LogP contribution is 2.19. The maximum absolute atomic E-state index is 12.3. The Balaban J connectivity index is 2.05. The summed E-state index contributed by atoms with van der Waals surface area (Å²) in [4.78, 5) is 2.22. The molecule has 8 heteroatoms. The number of nitrogens with zero attached hydrogens (tertiary/aromatic N) is 3. The molecule has 1 N–H and O–H groups in total. The molecule has 0 aliphatic rings. The molecule has 2 aromatic rings. The van der Waals surface area contributed by atoms with E-state index in [0.29, 0.717) is 24.6 Å². The van der Waals surface area contributed by atoms with E-state index >= 15 is 0 Å². The van der Waals surface area contributed by atoms with Crippen LogP contribution in [0.25, 0.3) is 0 Å². The number of sulfonamides is 1. The van der Waals surface area contributed by atoms with Crippen molar-refractivity contribution in [1.29, 1.82) is 0 Å². The maximum Gasteiger partial charge on any atom is 0.261 e. The summed E-state index contributed by atoms with van der Waals surface area (Å²) >= 11 is 0. The van der Waals surface area contributed by atoms with Gasteiger partial charge in [-0.3, -0.25) is 9.40 Å². The van der Waals surface area contributed by atoms with Gasteiger partial charge < -0.3 is 9.64 Å². The third-order valence-electron chi connectivity index (χ3n) is 3.11. The zero-order valence-electron chi connectivity index (χ0n) is 13.6. The van der Waals surface area contributed by atoms with E-state index in [1.54, 1.807) is 23.0 Å². The molecule has 0 saturated carbocycles. The minimum Gasteiger partial charge on any atom is -0.494 e. The molecule has 0 aliphatic carbocycles. The zero-order chi connectivity index (χ0) is 16.9. The van der Waals surface area contributed by atoms with E-state index in [0.717, 1.165) is 6.54 Å². The fourth-order valence-corrected chi connectivity index (χ4v) is 2.96. The van der Waals surface area contributed by atoms with Gasteiger partial charge in [-0.15, -0.1) is 0 Å². The lowest BCUT2D eigenvalue weighted by atomic mass is 10.3. The Morgan fingerprint density at radius 1 is 1.26 bits per heavy atom. The first kappa shape index (κ1) is 17.3. The summed E-state index contributed by atoms with van der Waals surface area (Å²) in [6.45, 7) is 3.93. The Morgan fingerprint density at radius 3 is 2.57 bits per heavy atom. The van der Waals surface area contributed by atoms with Crippen molar-refractivity contribution >= 4 is 15.7 Å². The van der Waals surface area contributed by atoms with E-state index in [-0.39, 0.29) is 4.90 Å². The summed E-state index contributed by atoms with van der Waals surface area (Å²) in [5, 5.41) is 4.15. The van der Waals surface area contributed by atoms with Crippen LogP contribution in [0, 0.1) is 0 Å². The van der Waals surface area contributed by atoms with Crippen molar-refractivity contribution in [2.24, 2.45) is 0 Å². The van der Waals surface area contributed by atoms with E-state index in [1.165, 1.54) is 18.3 Å². The maximum atomic E-state index is 12.3. The van der Waals surface area contributed by atoms with Crippen LogP contribution in [0.15, 0.2) is 41.6 Å². The third kappa shape index (κ3) is 4.97. The van der Waals surface area contributed by atoms with Crippen LogP contribution in [0.1, 0.15) is 6.92 Å². The molecule has 23 heavy (non-hydrogen) atoms. The Hall–Kier alpha value is -2.06. The van der Waals surface area contributed by atoms with Crippen LogP contribution in [0.2, 0.25) is 0 Å². The first-order chi connectivity index (χ1) is 10.9. The van der Waals surface area contributed by atoms with Crippen LogP contribution < -0.4 is 9.46 Å². The average Bonchev–Trinajstić information content (AvgIpc) is 2.93. The van der Waals surface area contributed by atoms with Gasteiger partial charge in [-0.1, -0.05) is 0 Å². The van der Waals surface area contributed by atoms with Crippen LogP contribution in [-0.2, 0) is 16.6 Å². The van der Waals surface area contributed by atoms with Crippen LogP contribution in [0.4, 0.5) is 5.69 Å². The van der Waals surface area contributed by atoms with Gasteiger partial charge >= 0.3 is 0 Å². The SMILES string of the molecule is CCOc1ccc(S(=O)(=O)Nc2cnn(CCN(C)C)c2)cc1. The Morgan fingerprint density at radius 2 is 1.96 bits per heavy atom. The van der Waals surface area contributed by atoms with Gasteiger partial charge in [0.25, 0.3) is 10.0 Å².